The number of esters is 1. The quantitative estimate of drug-likeness (QED) is 0.510. The molecule has 0 aliphatic carbocycles. The fourth-order valence-corrected chi connectivity index (χ4v) is 1.99. The zero-order chi connectivity index (χ0) is 20.5. The molecule has 0 atom stereocenters. The summed E-state index contributed by atoms with van der Waals surface area (Å²) in [5.74, 6) is -16.3. The number of ether oxygens (including phenoxy) is 2. The Labute approximate surface area is 149 Å². The molecule has 1 heterocycles. The van der Waals surface area contributed by atoms with E-state index in [-0.39, 0.29) is 24.1 Å². The molecule has 0 fully saturated rings. The van der Waals surface area contributed by atoms with Crippen LogP contribution in [-0.4, -0.2) is 29.9 Å². The second-order valence-electron chi connectivity index (χ2n) is 5.54. The van der Waals surface area contributed by atoms with Gasteiger partial charge in [-0.05, 0) is 30.3 Å². The number of alkyl halides is 6. The summed E-state index contributed by atoms with van der Waals surface area (Å²) in [6.45, 7) is -0.276. The highest BCUT2D eigenvalue weighted by Gasteiger charge is 2.69. The number of nitrogens with zero attached hydrogens (tertiary/aromatic N) is 1. The lowest BCUT2D eigenvalue weighted by Crippen LogP contribution is -2.50. The van der Waals surface area contributed by atoms with Crippen molar-refractivity contribution in [1.29, 1.82) is 0 Å². The zero-order valence-corrected chi connectivity index (χ0v) is 14.0. The van der Waals surface area contributed by atoms with Crippen molar-refractivity contribution in [2.75, 3.05) is 7.11 Å². The summed E-state index contributed by atoms with van der Waals surface area (Å²) in [5.41, 5.74) is -1.15. The van der Waals surface area contributed by atoms with Gasteiger partial charge in [0, 0.05) is 24.8 Å². The lowest BCUT2D eigenvalue weighted by atomic mass is 9.98. The minimum Gasteiger partial charge on any atom is -0.465 e. The highest BCUT2D eigenvalue weighted by Crippen LogP contribution is 2.51. The summed E-state index contributed by atoms with van der Waals surface area (Å²) in [7, 11) is 1.18. The van der Waals surface area contributed by atoms with E-state index >= 15 is 0 Å². The highest BCUT2D eigenvalue weighted by atomic mass is 19.3. The van der Waals surface area contributed by atoms with E-state index in [1.165, 1.54) is 19.2 Å². The van der Waals surface area contributed by atoms with E-state index in [9.17, 15) is 31.1 Å². The number of methoxy groups -OCH3 is 1. The average Bonchev–Trinajstić information content (AvgIpc) is 2.61. The van der Waals surface area contributed by atoms with Crippen LogP contribution in [0.3, 0.4) is 0 Å². The third-order valence-corrected chi connectivity index (χ3v) is 3.54. The summed E-state index contributed by atoms with van der Waals surface area (Å²) >= 11 is 0. The first-order chi connectivity index (χ1) is 12.4. The first-order valence-electron chi connectivity index (χ1n) is 7.36. The van der Waals surface area contributed by atoms with Gasteiger partial charge in [-0.15, -0.1) is 0 Å². The molecule has 0 aliphatic rings. The van der Waals surface area contributed by atoms with Gasteiger partial charge in [0.2, 0.25) is 5.88 Å². The number of rotatable bonds is 6. The molecule has 0 amide bonds. The third-order valence-electron chi connectivity index (χ3n) is 3.54. The molecule has 0 N–H and O–H groups in total. The van der Waals surface area contributed by atoms with Crippen LogP contribution in [0.15, 0.2) is 42.6 Å². The third kappa shape index (κ3) is 3.99. The predicted molar refractivity (Wildman–Crippen MR) is 81.6 cm³/mol. The monoisotopic (exact) mass is 393 g/mol. The number of halogens is 6. The lowest BCUT2D eigenvalue weighted by Gasteiger charge is -2.31. The average molecular weight is 393 g/mol. The standard InChI is InChI=1S/C17H13F6NO3/c1-15(18,19)17(22,23)16(20,21)11-4-6-12(7-5-11)27-13-8-3-10(9-24-13)14(25)26-2/h3-9H,1-2H3. The van der Waals surface area contributed by atoms with Gasteiger partial charge in [-0.3, -0.25) is 0 Å². The van der Waals surface area contributed by atoms with Crippen LogP contribution in [0.4, 0.5) is 26.3 Å². The summed E-state index contributed by atoms with van der Waals surface area (Å²) in [6.07, 6.45) is 1.15. The Morgan fingerprint density at radius 2 is 1.56 bits per heavy atom. The smallest absolute Gasteiger partial charge is 0.375 e. The van der Waals surface area contributed by atoms with Gasteiger partial charge in [-0.2, -0.15) is 26.3 Å². The normalized spacial score (nSPS) is 12.6. The van der Waals surface area contributed by atoms with Crippen molar-refractivity contribution < 1.29 is 40.6 Å². The molecular formula is C17H13F6NO3. The molecule has 1 aromatic carbocycles. The molecule has 2 rings (SSSR count). The van der Waals surface area contributed by atoms with Gasteiger partial charge < -0.3 is 9.47 Å². The van der Waals surface area contributed by atoms with E-state index in [1.54, 1.807) is 0 Å². The van der Waals surface area contributed by atoms with Crippen LogP contribution >= 0.6 is 0 Å². The first-order valence-corrected chi connectivity index (χ1v) is 7.36. The van der Waals surface area contributed by atoms with Crippen LogP contribution in [0.25, 0.3) is 0 Å². The van der Waals surface area contributed by atoms with E-state index < -0.39 is 29.3 Å². The first kappa shape index (κ1) is 20.5. The van der Waals surface area contributed by atoms with Gasteiger partial charge in [0.05, 0.1) is 12.7 Å². The molecule has 0 spiro atoms. The van der Waals surface area contributed by atoms with Crippen molar-refractivity contribution in [2.45, 2.75) is 24.7 Å². The van der Waals surface area contributed by atoms with Crippen LogP contribution in [0.2, 0.25) is 0 Å². The Morgan fingerprint density at radius 3 is 2.00 bits per heavy atom. The molecule has 1 aromatic heterocycles. The number of benzene rings is 1. The Hall–Kier alpha value is -2.78. The van der Waals surface area contributed by atoms with E-state index in [1.807, 2.05) is 0 Å². The van der Waals surface area contributed by atoms with Crippen LogP contribution in [0, 0.1) is 0 Å². The summed E-state index contributed by atoms with van der Waals surface area (Å²) < 4.78 is 89.9. The molecule has 2 aromatic rings. The summed E-state index contributed by atoms with van der Waals surface area (Å²) in [6, 6.07) is 5.54. The van der Waals surface area contributed by atoms with Crippen LogP contribution < -0.4 is 4.74 Å². The summed E-state index contributed by atoms with van der Waals surface area (Å²) in [5, 5.41) is 0. The van der Waals surface area contributed by atoms with Crippen LogP contribution in [-0.2, 0) is 10.7 Å². The lowest BCUT2D eigenvalue weighted by molar-refractivity contribution is -0.308. The molecule has 0 bridgehead atoms. The number of pyridine rings is 1. The second-order valence-corrected chi connectivity index (χ2v) is 5.54. The Balaban J connectivity index is 2.19. The van der Waals surface area contributed by atoms with Crippen LogP contribution in [0.1, 0.15) is 22.8 Å². The molecule has 0 saturated heterocycles. The zero-order valence-electron chi connectivity index (χ0n) is 14.0. The van der Waals surface area contributed by atoms with Gasteiger partial charge in [-0.1, -0.05) is 0 Å². The van der Waals surface area contributed by atoms with Crippen molar-refractivity contribution >= 4 is 5.97 Å². The van der Waals surface area contributed by atoms with Crippen LogP contribution in [0.5, 0.6) is 11.6 Å². The second kappa shape index (κ2) is 7.09. The SMILES string of the molecule is COC(=O)c1ccc(Oc2ccc(C(F)(F)C(F)(F)C(C)(F)F)cc2)nc1. The summed E-state index contributed by atoms with van der Waals surface area (Å²) in [4.78, 5) is 15.1. The number of aromatic nitrogens is 1. The molecule has 4 nitrogen and oxygen atoms in total. The Kier molecular flexibility index (Phi) is 5.39. The molecule has 0 unspecified atom stereocenters. The molecule has 0 saturated carbocycles. The van der Waals surface area contributed by atoms with Crippen molar-refractivity contribution in [3.8, 4) is 11.6 Å². The minimum atomic E-state index is -5.58. The van der Waals surface area contributed by atoms with E-state index in [0.717, 1.165) is 18.3 Å². The molecule has 0 aliphatic heterocycles. The number of carbonyl (C=O) groups excluding carboxylic acids is 1. The van der Waals surface area contributed by atoms with E-state index in [2.05, 4.69) is 9.72 Å². The van der Waals surface area contributed by atoms with Crippen molar-refractivity contribution in [3.63, 3.8) is 0 Å². The molecule has 0 radical (unpaired) electrons. The maximum atomic E-state index is 13.8. The molecule has 10 heteroatoms. The van der Waals surface area contributed by atoms with Crippen molar-refractivity contribution in [1.82, 2.24) is 4.98 Å². The van der Waals surface area contributed by atoms with Gasteiger partial charge >= 0.3 is 23.7 Å². The number of hydrogen-bond donors (Lipinski definition) is 0. The Morgan fingerprint density at radius 1 is 0.963 bits per heavy atom. The predicted octanol–water partition coefficient (Wildman–Crippen LogP) is 5.04. The largest absolute Gasteiger partial charge is 0.465 e. The highest BCUT2D eigenvalue weighted by molar-refractivity contribution is 5.88. The van der Waals surface area contributed by atoms with Crippen molar-refractivity contribution in [3.05, 3.63) is 53.7 Å². The maximum Gasteiger partial charge on any atom is 0.375 e. The van der Waals surface area contributed by atoms with E-state index in [0.29, 0.717) is 12.1 Å². The van der Waals surface area contributed by atoms with Gasteiger partial charge in [0.25, 0.3) is 0 Å². The van der Waals surface area contributed by atoms with Gasteiger partial charge in [-0.25, -0.2) is 9.78 Å². The van der Waals surface area contributed by atoms with Gasteiger partial charge in [0.15, 0.2) is 0 Å². The number of carbonyl (C=O) groups is 1. The van der Waals surface area contributed by atoms with Crippen molar-refractivity contribution in [2.24, 2.45) is 0 Å². The molecule has 27 heavy (non-hydrogen) atoms. The maximum absolute atomic E-state index is 13.8. The Bertz CT molecular complexity index is 801. The van der Waals surface area contributed by atoms with Gasteiger partial charge in [0.1, 0.15) is 5.75 Å². The number of hydrogen-bond acceptors (Lipinski definition) is 4. The minimum absolute atomic E-state index is 0.0208. The fraction of sp³-hybridized carbons (Fsp3) is 0.294. The molecular weight excluding hydrogens is 380 g/mol. The fourth-order valence-electron chi connectivity index (χ4n) is 1.99. The van der Waals surface area contributed by atoms with E-state index in [4.69, 9.17) is 4.74 Å². The topological polar surface area (TPSA) is 48.4 Å². The molecule has 146 valence electrons.